The van der Waals surface area contributed by atoms with Crippen LogP contribution in [0.4, 0.5) is 8.78 Å². The fourth-order valence-corrected chi connectivity index (χ4v) is 4.86. The van der Waals surface area contributed by atoms with Gasteiger partial charge in [0.1, 0.15) is 17.4 Å². The number of methoxy groups -OCH3 is 1. The van der Waals surface area contributed by atoms with Gasteiger partial charge in [0.05, 0.1) is 12.7 Å². The van der Waals surface area contributed by atoms with E-state index >= 15 is 0 Å². The maximum absolute atomic E-state index is 14.3. The van der Waals surface area contributed by atoms with E-state index in [-0.39, 0.29) is 23.3 Å². The van der Waals surface area contributed by atoms with Gasteiger partial charge in [0.25, 0.3) is 5.91 Å². The van der Waals surface area contributed by atoms with Gasteiger partial charge in [0, 0.05) is 31.6 Å². The molecule has 2 aromatic rings. The molecule has 2 aromatic carbocycles. The van der Waals surface area contributed by atoms with Gasteiger partial charge in [-0.2, -0.15) is 0 Å². The monoisotopic (exact) mass is 428 g/mol. The number of halogens is 2. The molecule has 0 radical (unpaired) electrons. The van der Waals surface area contributed by atoms with Crippen molar-refractivity contribution >= 4 is 5.91 Å². The van der Waals surface area contributed by atoms with Gasteiger partial charge in [-0.3, -0.25) is 4.79 Å². The van der Waals surface area contributed by atoms with Crippen molar-refractivity contribution in [3.05, 3.63) is 65.2 Å². The van der Waals surface area contributed by atoms with E-state index in [0.29, 0.717) is 13.1 Å². The number of ether oxygens (including phenoxy) is 1. The van der Waals surface area contributed by atoms with Crippen LogP contribution in [-0.4, -0.2) is 55.5 Å². The second-order valence-corrected chi connectivity index (χ2v) is 8.96. The van der Waals surface area contributed by atoms with Crippen LogP contribution in [-0.2, 0) is 0 Å². The molecule has 2 aliphatic rings. The van der Waals surface area contributed by atoms with E-state index in [1.807, 2.05) is 12.1 Å². The quantitative estimate of drug-likeness (QED) is 0.700. The summed E-state index contributed by atoms with van der Waals surface area (Å²) in [5, 5.41) is 0. The molecular formula is C25H30F2N2O2. The average molecular weight is 429 g/mol. The van der Waals surface area contributed by atoms with Crippen LogP contribution in [0.15, 0.2) is 42.5 Å². The van der Waals surface area contributed by atoms with E-state index in [1.165, 1.54) is 18.9 Å². The molecule has 0 spiro atoms. The Labute approximate surface area is 182 Å². The number of rotatable bonds is 5. The van der Waals surface area contributed by atoms with Crippen LogP contribution < -0.4 is 4.74 Å². The van der Waals surface area contributed by atoms with Gasteiger partial charge in [-0.25, -0.2) is 8.78 Å². The molecule has 2 unspecified atom stereocenters. The van der Waals surface area contributed by atoms with E-state index in [2.05, 4.69) is 24.0 Å². The van der Waals surface area contributed by atoms with Crippen molar-refractivity contribution < 1.29 is 18.3 Å². The number of nitrogens with zero attached hydrogens (tertiary/aromatic N) is 2. The summed E-state index contributed by atoms with van der Waals surface area (Å²) in [6.45, 7) is 6.46. The van der Waals surface area contributed by atoms with E-state index < -0.39 is 11.6 Å². The van der Waals surface area contributed by atoms with Gasteiger partial charge in [0.2, 0.25) is 0 Å². The standard InChI is InChI=1S/C25H30F2N2O2/c1-17-9-11-28(12-10-17)14-19-15-29(25(30)22-8-5-20(26)13-24(22)27)16-23(19)18-3-6-21(31-2)7-4-18/h3-8,13,17,19,23H,9-12,14-16H2,1-2H3. The molecular weight excluding hydrogens is 398 g/mol. The van der Waals surface area contributed by atoms with Crippen molar-refractivity contribution in [1.82, 2.24) is 9.80 Å². The molecule has 31 heavy (non-hydrogen) atoms. The molecule has 166 valence electrons. The first-order chi connectivity index (χ1) is 14.9. The Morgan fingerprint density at radius 2 is 1.77 bits per heavy atom. The van der Waals surface area contributed by atoms with Gasteiger partial charge in [-0.15, -0.1) is 0 Å². The Hall–Kier alpha value is -2.47. The lowest BCUT2D eigenvalue weighted by molar-refractivity contribution is 0.0776. The van der Waals surface area contributed by atoms with Crippen molar-refractivity contribution in [2.24, 2.45) is 11.8 Å². The summed E-state index contributed by atoms with van der Waals surface area (Å²) in [7, 11) is 1.64. The summed E-state index contributed by atoms with van der Waals surface area (Å²) in [5.74, 6) is 0.127. The first-order valence-corrected chi connectivity index (χ1v) is 11.0. The summed E-state index contributed by atoms with van der Waals surface area (Å²) >= 11 is 0. The number of carbonyl (C=O) groups is 1. The van der Waals surface area contributed by atoms with Gasteiger partial charge in [-0.1, -0.05) is 19.1 Å². The largest absolute Gasteiger partial charge is 0.497 e. The summed E-state index contributed by atoms with van der Waals surface area (Å²) in [5.41, 5.74) is 1.09. The maximum Gasteiger partial charge on any atom is 0.256 e. The zero-order chi connectivity index (χ0) is 22.0. The number of piperidine rings is 1. The predicted molar refractivity (Wildman–Crippen MR) is 116 cm³/mol. The van der Waals surface area contributed by atoms with E-state index in [0.717, 1.165) is 49.0 Å². The summed E-state index contributed by atoms with van der Waals surface area (Å²) in [6.07, 6.45) is 2.40. The minimum absolute atomic E-state index is 0.0673. The molecule has 2 aliphatic heterocycles. The summed E-state index contributed by atoms with van der Waals surface area (Å²) in [6, 6.07) is 11.2. The minimum atomic E-state index is -0.806. The van der Waals surface area contributed by atoms with Gasteiger partial charge >= 0.3 is 0 Å². The fraction of sp³-hybridized carbons (Fsp3) is 0.480. The Kier molecular flexibility index (Phi) is 6.56. The van der Waals surface area contributed by atoms with E-state index in [1.54, 1.807) is 12.0 Å². The first-order valence-electron chi connectivity index (χ1n) is 11.0. The molecule has 0 aliphatic carbocycles. The normalized spacial score (nSPS) is 22.6. The SMILES string of the molecule is COc1ccc(C2CN(C(=O)c3ccc(F)cc3F)CC2CN2CCC(C)CC2)cc1. The Morgan fingerprint density at radius 3 is 2.42 bits per heavy atom. The number of amides is 1. The predicted octanol–water partition coefficient (Wildman–Crippen LogP) is 4.56. The molecule has 2 heterocycles. The van der Waals surface area contributed by atoms with Crippen LogP contribution in [0.3, 0.4) is 0 Å². The van der Waals surface area contributed by atoms with E-state index in [9.17, 15) is 13.6 Å². The average Bonchev–Trinajstić information content (AvgIpc) is 3.19. The molecule has 0 saturated carbocycles. The molecule has 2 fully saturated rings. The first kappa shape index (κ1) is 21.8. The molecule has 1 amide bonds. The number of likely N-dealkylation sites (tertiary alicyclic amines) is 2. The highest BCUT2D eigenvalue weighted by Gasteiger charge is 2.38. The molecule has 0 N–H and O–H groups in total. The molecule has 2 saturated heterocycles. The fourth-order valence-electron chi connectivity index (χ4n) is 4.86. The maximum atomic E-state index is 14.3. The van der Waals surface area contributed by atoms with Crippen molar-refractivity contribution in [2.75, 3.05) is 39.8 Å². The topological polar surface area (TPSA) is 32.8 Å². The van der Waals surface area contributed by atoms with Gasteiger partial charge in [0.15, 0.2) is 0 Å². The van der Waals surface area contributed by atoms with Crippen LogP contribution in [0.25, 0.3) is 0 Å². The van der Waals surface area contributed by atoms with Crippen molar-refractivity contribution in [3.8, 4) is 5.75 Å². The number of carbonyl (C=O) groups excluding carboxylic acids is 1. The van der Waals surface area contributed by atoms with Crippen molar-refractivity contribution in [2.45, 2.75) is 25.7 Å². The molecule has 0 bridgehead atoms. The number of hydrogen-bond acceptors (Lipinski definition) is 3. The highest BCUT2D eigenvalue weighted by atomic mass is 19.1. The zero-order valence-corrected chi connectivity index (χ0v) is 18.2. The van der Waals surface area contributed by atoms with Crippen LogP contribution in [0.5, 0.6) is 5.75 Å². The zero-order valence-electron chi connectivity index (χ0n) is 18.2. The summed E-state index contributed by atoms with van der Waals surface area (Å²) < 4.78 is 32.8. The van der Waals surface area contributed by atoms with Crippen LogP contribution in [0.2, 0.25) is 0 Å². The molecule has 0 aromatic heterocycles. The van der Waals surface area contributed by atoms with Crippen molar-refractivity contribution in [3.63, 3.8) is 0 Å². The lowest BCUT2D eigenvalue weighted by Crippen LogP contribution is -2.38. The third kappa shape index (κ3) is 4.90. The van der Waals surface area contributed by atoms with Crippen molar-refractivity contribution in [1.29, 1.82) is 0 Å². The third-order valence-corrected chi connectivity index (χ3v) is 6.80. The highest BCUT2D eigenvalue weighted by molar-refractivity contribution is 5.94. The molecule has 2 atom stereocenters. The second kappa shape index (κ2) is 9.35. The Bertz CT molecular complexity index is 910. The molecule has 4 rings (SSSR count). The third-order valence-electron chi connectivity index (χ3n) is 6.80. The summed E-state index contributed by atoms with van der Waals surface area (Å²) in [4.78, 5) is 17.3. The lowest BCUT2D eigenvalue weighted by atomic mass is 9.87. The van der Waals surface area contributed by atoms with Gasteiger partial charge in [-0.05, 0) is 67.6 Å². The number of hydrogen-bond donors (Lipinski definition) is 0. The van der Waals surface area contributed by atoms with E-state index in [4.69, 9.17) is 4.74 Å². The van der Waals surface area contributed by atoms with Crippen LogP contribution in [0, 0.1) is 23.5 Å². The molecule has 6 heteroatoms. The van der Waals surface area contributed by atoms with Gasteiger partial charge < -0.3 is 14.5 Å². The smallest absolute Gasteiger partial charge is 0.256 e. The molecule has 4 nitrogen and oxygen atoms in total. The second-order valence-electron chi connectivity index (χ2n) is 8.96. The van der Waals surface area contributed by atoms with Crippen LogP contribution in [0.1, 0.15) is 41.6 Å². The Morgan fingerprint density at radius 1 is 1.06 bits per heavy atom. The lowest BCUT2D eigenvalue weighted by Gasteiger charge is -2.33. The van der Waals surface area contributed by atoms with Crippen LogP contribution >= 0.6 is 0 Å². The minimum Gasteiger partial charge on any atom is -0.497 e. The highest BCUT2D eigenvalue weighted by Crippen LogP contribution is 2.35. The Balaban J connectivity index is 1.55. The number of benzene rings is 2.